The molecule has 2 heterocycles. The van der Waals surface area contributed by atoms with Crippen LogP contribution in [0.4, 0.5) is 0 Å². The molecule has 0 aromatic heterocycles. The number of carbonyl (C=O) groups is 1. The number of benzene rings is 1. The maximum absolute atomic E-state index is 12.7. The van der Waals surface area contributed by atoms with Gasteiger partial charge in [-0.3, -0.25) is 14.6 Å². The van der Waals surface area contributed by atoms with Crippen molar-refractivity contribution in [1.29, 1.82) is 0 Å². The number of morpholine rings is 1. The van der Waals surface area contributed by atoms with Crippen LogP contribution in [0.1, 0.15) is 37.0 Å². The van der Waals surface area contributed by atoms with Gasteiger partial charge >= 0.3 is 0 Å². The predicted octanol–water partition coefficient (Wildman–Crippen LogP) is 1.36. The number of nitrogens with one attached hydrogen (secondary N) is 1. The quantitative estimate of drug-likeness (QED) is 0.714. The number of hydrogen-bond donors (Lipinski definition) is 2. The Morgan fingerprint density at radius 1 is 1.24 bits per heavy atom. The molecular weight excluding hydrogens is 370 g/mol. The van der Waals surface area contributed by atoms with Gasteiger partial charge in [0.05, 0.1) is 25.4 Å². The highest BCUT2D eigenvalue weighted by Gasteiger charge is 2.28. The van der Waals surface area contributed by atoms with E-state index in [1.807, 2.05) is 12.1 Å². The number of likely N-dealkylation sites (tertiary alicyclic amines) is 1. The summed E-state index contributed by atoms with van der Waals surface area (Å²) in [6.45, 7) is 10.9. The average molecular weight is 406 g/mol. The van der Waals surface area contributed by atoms with Crippen molar-refractivity contribution in [3.8, 4) is 5.75 Å². The summed E-state index contributed by atoms with van der Waals surface area (Å²) in [7, 11) is 0. The lowest BCUT2D eigenvalue weighted by Gasteiger charge is -2.29. The van der Waals surface area contributed by atoms with Crippen molar-refractivity contribution in [2.45, 2.75) is 44.9 Å². The fraction of sp³-hybridized carbons (Fsp3) is 0.682. The van der Waals surface area contributed by atoms with Crippen LogP contribution in [0.15, 0.2) is 24.3 Å². The van der Waals surface area contributed by atoms with Gasteiger partial charge in [0.2, 0.25) is 0 Å². The summed E-state index contributed by atoms with van der Waals surface area (Å²) in [5.41, 5.74) is 0.582. The van der Waals surface area contributed by atoms with Gasteiger partial charge in [-0.15, -0.1) is 0 Å². The normalized spacial score (nSPS) is 24.3. The zero-order valence-corrected chi connectivity index (χ0v) is 17.7. The SMILES string of the molecule is CC(C)N1CCC[C@@H](O)[C@H](NC(=O)c2ccc(OCCN3CCOCC3)cc2)C1. The maximum atomic E-state index is 12.7. The lowest BCUT2D eigenvalue weighted by atomic mass is 10.1. The molecule has 1 amide bonds. The molecule has 0 unspecified atom stereocenters. The lowest BCUT2D eigenvalue weighted by molar-refractivity contribution is 0.0322. The Labute approximate surface area is 174 Å². The van der Waals surface area contributed by atoms with Crippen LogP contribution in [0.3, 0.4) is 0 Å². The summed E-state index contributed by atoms with van der Waals surface area (Å²) in [5, 5.41) is 13.4. The molecule has 2 atom stereocenters. The van der Waals surface area contributed by atoms with Gasteiger partial charge in [-0.05, 0) is 57.5 Å². The first-order valence-electron chi connectivity index (χ1n) is 10.8. The van der Waals surface area contributed by atoms with Crippen molar-refractivity contribution >= 4 is 5.91 Å². The van der Waals surface area contributed by atoms with E-state index in [0.29, 0.717) is 31.2 Å². The van der Waals surface area contributed by atoms with Crippen molar-refractivity contribution in [3.05, 3.63) is 29.8 Å². The molecule has 0 bridgehead atoms. The monoisotopic (exact) mass is 405 g/mol. The number of aliphatic hydroxyl groups excluding tert-OH is 1. The second-order valence-electron chi connectivity index (χ2n) is 8.21. The van der Waals surface area contributed by atoms with Gasteiger partial charge in [0.1, 0.15) is 12.4 Å². The molecule has 0 aliphatic carbocycles. The van der Waals surface area contributed by atoms with Gasteiger partial charge in [0, 0.05) is 37.8 Å². The molecule has 2 saturated heterocycles. The second kappa shape index (κ2) is 10.9. The van der Waals surface area contributed by atoms with E-state index in [1.165, 1.54) is 0 Å². The summed E-state index contributed by atoms with van der Waals surface area (Å²) in [6, 6.07) is 7.37. The summed E-state index contributed by atoms with van der Waals surface area (Å²) >= 11 is 0. The Hall–Kier alpha value is -1.67. The highest BCUT2D eigenvalue weighted by atomic mass is 16.5. The van der Waals surface area contributed by atoms with E-state index >= 15 is 0 Å². The molecule has 2 fully saturated rings. The topological polar surface area (TPSA) is 74.3 Å². The molecule has 7 nitrogen and oxygen atoms in total. The molecule has 1 aromatic rings. The zero-order chi connectivity index (χ0) is 20.6. The molecule has 0 saturated carbocycles. The highest BCUT2D eigenvalue weighted by Crippen LogP contribution is 2.16. The first-order chi connectivity index (χ1) is 14.0. The van der Waals surface area contributed by atoms with Crippen LogP contribution < -0.4 is 10.1 Å². The summed E-state index contributed by atoms with van der Waals surface area (Å²) < 4.78 is 11.2. The molecule has 2 N–H and O–H groups in total. The number of hydrogen-bond acceptors (Lipinski definition) is 6. The fourth-order valence-corrected chi connectivity index (χ4v) is 3.85. The number of carbonyl (C=O) groups excluding carboxylic acids is 1. The molecule has 2 aliphatic rings. The first kappa shape index (κ1) is 22.0. The number of nitrogens with zero attached hydrogens (tertiary/aromatic N) is 2. The smallest absolute Gasteiger partial charge is 0.251 e. The van der Waals surface area contributed by atoms with Crippen LogP contribution in [0, 0.1) is 0 Å². The van der Waals surface area contributed by atoms with E-state index in [9.17, 15) is 9.90 Å². The van der Waals surface area contributed by atoms with E-state index < -0.39 is 6.10 Å². The summed E-state index contributed by atoms with van der Waals surface area (Å²) in [5.74, 6) is 0.606. The Balaban J connectivity index is 1.48. The van der Waals surface area contributed by atoms with Crippen molar-refractivity contribution < 1.29 is 19.4 Å². The van der Waals surface area contributed by atoms with Crippen LogP contribution in [0.2, 0.25) is 0 Å². The molecule has 7 heteroatoms. The van der Waals surface area contributed by atoms with Gasteiger partial charge in [-0.25, -0.2) is 0 Å². The van der Waals surface area contributed by atoms with E-state index in [2.05, 4.69) is 29.0 Å². The van der Waals surface area contributed by atoms with Crippen LogP contribution >= 0.6 is 0 Å². The van der Waals surface area contributed by atoms with Gasteiger partial charge < -0.3 is 19.9 Å². The van der Waals surface area contributed by atoms with Gasteiger partial charge in [0.25, 0.3) is 5.91 Å². The third-order valence-electron chi connectivity index (χ3n) is 5.78. The zero-order valence-electron chi connectivity index (χ0n) is 17.7. The maximum Gasteiger partial charge on any atom is 0.251 e. The molecule has 0 radical (unpaired) electrons. The molecule has 162 valence electrons. The molecule has 3 rings (SSSR count). The third-order valence-corrected chi connectivity index (χ3v) is 5.78. The Morgan fingerprint density at radius 3 is 2.66 bits per heavy atom. The minimum Gasteiger partial charge on any atom is -0.492 e. The van der Waals surface area contributed by atoms with E-state index in [0.717, 1.165) is 51.6 Å². The van der Waals surface area contributed by atoms with Crippen molar-refractivity contribution in [2.75, 3.05) is 52.5 Å². The Morgan fingerprint density at radius 2 is 1.97 bits per heavy atom. The standard InChI is InChI=1S/C22H35N3O4/c1-17(2)25-9-3-4-21(26)20(16-25)23-22(27)18-5-7-19(8-6-18)29-15-12-24-10-13-28-14-11-24/h5-8,17,20-21,26H,3-4,9-16H2,1-2H3,(H,23,27)/t20-,21-/m1/s1. The first-order valence-corrected chi connectivity index (χ1v) is 10.8. The molecule has 29 heavy (non-hydrogen) atoms. The van der Waals surface area contributed by atoms with Gasteiger partial charge in [0.15, 0.2) is 0 Å². The van der Waals surface area contributed by atoms with Crippen molar-refractivity contribution in [3.63, 3.8) is 0 Å². The van der Waals surface area contributed by atoms with Crippen LogP contribution in [-0.2, 0) is 4.74 Å². The molecule has 2 aliphatic heterocycles. The van der Waals surface area contributed by atoms with Crippen LogP contribution in [-0.4, -0.2) is 91.5 Å². The highest BCUT2D eigenvalue weighted by molar-refractivity contribution is 5.94. The van der Waals surface area contributed by atoms with Crippen LogP contribution in [0.5, 0.6) is 5.75 Å². The minimum atomic E-state index is -0.509. The molecule has 1 aromatic carbocycles. The number of rotatable bonds is 7. The van der Waals surface area contributed by atoms with Crippen molar-refractivity contribution in [2.24, 2.45) is 0 Å². The van der Waals surface area contributed by atoms with E-state index in [1.54, 1.807) is 12.1 Å². The fourth-order valence-electron chi connectivity index (χ4n) is 3.85. The lowest BCUT2D eigenvalue weighted by Crippen LogP contribution is -2.50. The van der Waals surface area contributed by atoms with E-state index in [4.69, 9.17) is 9.47 Å². The summed E-state index contributed by atoms with van der Waals surface area (Å²) in [4.78, 5) is 17.3. The summed E-state index contributed by atoms with van der Waals surface area (Å²) in [6.07, 6.45) is 1.15. The largest absolute Gasteiger partial charge is 0.492 e. The number of aliphatic hydroxyl groups is 1. The molecular formula is C22H35N3O4. The Bertz CT molecular complexity index is 631. The third kappa shape index (κ3) is 6.67. The van der Waals surface area contributed by atoms with Crippen molar-refractivity contribution in [1.82, 2.24) is 15.1 Å². The molecule has 0 spiro atoms. The minimum absolute atomic E-state index is 0.153. The van der Waals surface area contributed by atoms with E-state index in [-0.39, 0.29) is 11.9 Å². The Kier molecular flexibility index (Phi) is 8.29. The number of ether oxygens (including phenoxy) is 2. The second-order valence-corrected chi connectivity index (χ2v) is 8.21. The predicted molar refractivity (Wildman–Crippen MR) is 112 cm³/mol. The average Bonchev–Trinajstić information content (AvgIpc) is 2.91. The van der Waals surface area contributed by atoms with Gasteiger partial charge in [-0.2, -0.15) is 0 Å². The van der Waals surface area contributed by atoms with Gasteiger partial charge in [-0.1, -0.05) is 0 Å². The number of amides is 1. The van der Waals surface area contributed by atoms with Crippen LogP contribution in [0.25, 0.3) is 0 Å².